The molecule has 1 saturated carbocycles. The van der Waals surface area contributed by atoms with E-state index in [0.29, 0.717) is 12.8 Å². The zero-order chi connectivity index (χ0) is 12.2. The number of nitrogens with two attached hydrogens (primary N) is 1. The van der Waals surface area contributed by atoms with Gasteiger partial charge in [-0.3, -0.25) is 4.79 Å². The maximum atomic E-state index is 11.9. The molecule has 3 heteroatoms. The van der Waals surface area contributed by atoms with Crippen LogP contribution in [0.1, 0.15) is 59.3 Å². The first-order valence-corrected chi connectivity index (χ1v) is 6.51. The Morgan fingerprint density at radius 3 is 2.19 bits per heavy atom. The molecule has 0 bridgehead atoms. The second-order valence-corrected chi connectivity index (χ2v) is 5.15. The maximum Gasteiger partial charge on any atom is 0.326 e. The molecule has 3 nitrogen and oxygen atoms in total. The third-order valence-corrected chi connectivity index (χ3v) is 3.90. The lowest BCUT2D eigenvalue weighted by atomic mass is 9.88. The summed E-state index contributed by atoms with van der Waals surface area (Å²) in [5.74, 6) is 0.562. The number of hydrogen-bond donors (Lipinski definition) is 1. The summed E-state index contributed by atoms with van der Waals surface area (Å²) in [6.07, 6.45) is 5.70. The summed E-state index contributed by atoms with van der Waals surface area (Å²) in [5.41, 5.74) is 5.24. The molecule has 0 spiro atoms. The summed E-state index contributed by atoms with van der Waals surface area (Å²) < 4.78 is 5.52. The molecular weight excluding hydrogens is 202 g/mol. The number of rotatable bonds is 4. The highest BCUT2D eigenvalue weighted by Gasteiger charge is 2.34. The first-order valence-electron chi connectivity index (χ1n) is 6.51. The van der Waals surface area contributed by atoms with Gasteiger partial charge in [0.15, 0.2) is 0 Å². The van der Waals surface area contributed by atoms with E-state index in [1.54, 1.807) is 0 Å². The molecule has 0 aliphatic heterocycles. The van der Waals surface area contributed by atoms with Gasteiger partial charge in [0.05, 0.1) is 0 Å². The Balaban J connectivity index is 2.45. The molecule has 0 saturated heterocycles. The van der Waals surface area contributed by atoms with E-state index in [0.717, 1.165) is 31.6 Å². The lowest BCUT2D eigenvalue weighted by molar-refractivity contribution is -0.158. The fraction of sp³-hybridized carbons (Fsp3) is 0.923. The molecule has 16 heavy (non-hydrogen) atoms. The predicted octanol–water partition coefficient (Wildman–Crippen LogP) is 2.63. The zero-order valence-electron chi connectivity index (χ0n) is 10.8. The minimum Gasteiger partial charge on any atom is -0.461 e. The summed E-state index contributed by atoms with van der Waals surface area (Å²) in [5, 5.41) is 0. The lowest BCUT2D eigenvalue weighted by Gasteiger charge is -2.30. The quantitative estimate of drug-likeness (QED) is 0.751. The van der Waals surface area contributed by atoms with Crippen molar-refractivity contribution in [1.82, 2.24) is 0 Å². The van der Waals surface area contributed by atoms with Crippen molar-refractivity contribution in [1.29, 1.82) is 0 Å². The first kappa shape index (κ1) is 13.5. The summed E-state index contributed by atoms with van der Waals surface area (Å²) in [6.45, 7) is 6.13. The van der Waals surface area contributed by atoms with Crippen molar-refractivity contribution in [2.45, 2.75) is 70.9 Å². The average Bonchev–Trinajstić information content (AvgIpc) is 2.31. The van der Waals surface area contributed by atoms with Gasteiger partial charge in [0.25, 0.3) is 0 Å². The van der Waals surface area contributed by atoms with Crippen molar-refractivity contribution >= 4 is 5.97 Å². The Morgan fingerprint density at radius 1 is 1.25 bits per heavy atom. The van der Waals surface area contributed by atoms with Gasteiger partial charge in [-0.2, -0.15) is 0 Å². The topological polar surface area (TPSA) is 52.3 Å². The van der Waals surface area contributed by atoms with Crippen LogP contribution >= 0.6 is 0 Å². The highest BCUT2D eigenvalue weighted by atomic mass is 16.5. The van der Waals surface area contributed by atoms with Gasteiger partial charge in [0.2, 0.25) is 0 Å². The first-order chi connectivity index (χ1) is 7.51. The van der Waals surface area contributed by atoms with Crippen LogP contribution < -0.4 is 5.73 Å². The Bertz CT molecular complexity index is 228. The minimum atomic E-state index is -0.775. The molecule has 0 radical (unpaired) electrons. The molecule has 0 heterocycles. The van der Waals surface area contributed by atoms with E-state index in [1.807, 2.05) is 13.8 Å². The van der Waals surface area contributed by atoms with E-state index >= 15 is 0 Å². The monoisotopic (exact) mass is 227 g/mol. The fourth-order valence-corrected chi connectivity index (χ4v) is 2.15. The van der Waals surface area contributed by atoms with Crippen LogP contribution in [0.2, 0.25) is 0 Å². The van der Waals surface area contributed by atoms with Crippen LogP contribution in [-0.2, 0) is 9.53 Å². The Kier molecular flexibility index (Phi) is 4.78. The predicted molar refractivity (Wildman–Crippen MR) is 65.0 cm³/mol. The van der Waals surface area contributed by atoms with E-state index in [2.05, 4.69) is 6.92 Å². The molecule has 0 aromatic rings. The molecule has 0 aromatic carbocycles. The summed E-state index contributed by atoms with van der Waals surface area (Å²) in [7, 11) is 0. The molecule has 1 fully saturated rings. The number of esters is 1. The molecule has 1 aliphatic carbocycles. The van der Waals surface area contributed by atoms with Crippen LogP contribution in [0.15, 0.2) is 0 Å². The zero-order valence-corrected chi connectivity index (χ0v) is 10.8. The number of carbonyl (C=O) groups excluding carboxylic acids is 1. The van der Waals surface area contributed by atoms with Gasteiger partial charge in [-0.1, -0.05) is 20.8 Å². The molecule has 0 amide bonds. The number of ether oxygens (including phenoxy) is 1. The second-order valence-electron chi connectivity index (χ2n) is 5.15. The molecule has 0 aromatic heterocycles. The van der Waals surface area contributed by atoms with Crippen molar-refractivity contribution in [2.75, 3.05) is 0 Å². The summed E-state index contributed by atoms with van der Waals surface area (Å²) >= 11 is 0. The molecule has 1 aliphatic rings. The standard InChI is InChI=1S/C13H25NO2/c1-4-13(14,5-2)12(15)16-11-8-6-10(3)7-9-11/h10-11H,4-9,14H2,1-3H3. The Labute approximate surface area is 98.7 Å². The highest BCUT2D eigenvalue weighted by Crippen LogP contribution is 2.27. The molecule has 0 atom stereocenters. The second kappa shape index (κ2) is 5.67. The van der Waals surface area contributed by atoms with Crippen molar-refractivity contribution in [2.24, 2.45) is 11.7 Å². The van der Waals surface area contributed by atoms with E-state index in [1.165, 1.54) is 0 Å². The van der Waals surface area contributed by atoms with Gasteiger partial charge < -0.3 is 10.5 Å². The summed E-state index contributed by atoms with van der Waals surface area (Å²) in [6, 6.07) is 0. The Hall–Kier alpha value is -0.570. The van der Waals surface area contributed by atoms with Crippen molar-refractivity contribution in [3.63, 3.8) is 0 Å². The third kappa shape index (κ3) is 3.21. The van der Waals surface area contributed by atoms with Gasteiger partial charge in [-0.15, -0.1) is 0 Å². The molecule has 2 N–H and O–H groups in total. The van der Waals surface area contributed by atoms with E-state index in [-0.39, 0.29) is 12.1 Å². The van der Waals surface area contributed by atoms with Crippen LogP contribution in [0.3, 0.4) is 0 Å². The highest BCUT2D eigenvalue weighted by molar-refractivity contribution is 5.80. The average molecular weight is 227 g/mol. The largest absolute Gasteiger partial charge is 0.461 e. The minimum absolute atomic E-state index is 0.102. The van der Waals surface area contributed by atoms with Crippen LogP contribution in [0.5, 0.6) is 0 Å². The number of carbonyl (C=O) groups is 1. The molecule has 94 valence electrons. The van der Waals surface area contributed by atoms with E-state index in [9.17, 15) is 4.79 Å². The Morgan fingerprint density at radius 2 is 1.75 bits per heavy atom. The molecular formula is C13H25NO2. The van der Waals surface area contributed by atoms with Gasteiger partial charge >= 0.3 is 5.97 Å². The van der Waals surface area contributed by atoms with Crippen LogP contribution in [-0.4, -0.2) is 17.6 Å². The van der Waals surface area contributed by atoms with Crippen molar-refractivity contribution < 1.29 is 9.53 Å². The van der Waals surface area contributed by atoms with Gasteiger partial charge in [0.1, 0.15) is 11.6 Å². The number of hydrogen-bond acceptors (Lipinski definition) is 3. The van der Waals surface area contributed by atoms with Crippen LogP contribution in [0.4, 0.5) is 0 Å². The smallest absolute Gasteiger partial charge is 0.326 e. The van der Waals surface area contributed by atoms with Crippen molar-refractivity contribution in [3.05, 3.63) is 0 Å². The summed E-state index contributed by atoms with van der Waals surface area (Å²) in [4.78, 5) is 11.9. The molecule has 1 rings (SSSR count). The van der Waals surface area contributed by atoms with Gasteiger partial charge in [-0.25, -0.2) is 0 Å². The van der Waals surface area contributed by atoms with Gasteiger partial charge in [0, 0.05) is 0 Å². The molecule has 0 unspecified atom stereocenters. The van der Waals surface area contributed by atoms with Crippen molar-refractivity contribution in [3.8, 4) is 0 Å². The maximum absolute atomic E-state index is 11.9. The fourth-order valence-electron chi connectivity index (χ4n) is 2.15. The lowest BCUT2D eigenvalue weighted by Crippen LogP contribution is -2.49. The van der Waals surface area contributed by atoms with Gasteiger partial charge in [-0.05, 0) is 44.4 Å². The third-order valence-electron chi connectivity index (χ3n) is 3.90. The normalized spacial score (nSPS) is 26.5. The van der Waals surface area contributed by atoms with E-state index in [4.69, 9.17) is 10.5 Å². The van der Waals surface area contributed by atoms with Crippen LogP contribution in [0.25, 0.3) is 0 Å². The SMILES string of the molecule is CCC(N)(CC)C(=O)OC1CCC(C)CC1. The van der Waals surface area contributed by atoms with Crippen LogP contribution in [0, 0.1) is 5.92 Å². The van der Waals surface area contributed by atoms with E-state index < -0.39 is 5.54 Å².